The number of thioether (sulfide) groups is 1. The summed E-state index contributed by atoms with van der Waals surface area (Å²) in [6.07, 6.45) is 5.83. The molecule has 1 unspecified atom stereocenters. The normalized spacial score (nSPS) is 17.4. The lowest BCUT2D eigenvalue weighted by Gasteiger charge is -2.37. The number of rotatable bonds is 10. The number of carbonyl (C=O) groups excluding carboxylic acids is 3. The van der Waals surface area contributed by atoms with Crippen LogP contribution in [-0.4, -0.2) is 50.3 Å². The molecule has 2 atom stereocenters. The Bertz CT molecular complexity index is 1380. The zero-order chi connectivity index (χ0) is 28.9. The van der Waals surface area contributed by atoms with Crippen LogP contribution in [-0.2, 0) is 21.0 Å². The highest BCUT2D eigenvalue weighted by Crippen LogP contribution is 2.39. The summed E-state index contributed by atoms with van der Waals surface area (Å²) in [5.74, 6) is 0.697. The average Bonchev–Trinajstić information content (AvgIpc) is 3.46. The molecule has 0 bridgehead atoms. The molecule has 4 rings (SSSR count). The van der Waals surface area contributed by atoms with E-state index in [1.54, 1.807) is 22.9 Å². The Labute approximate surface area is 239 Å². The van der Waals surface area contributed by atoms with Crippen molar-refractivity contribution >= 4 is 46.5 Å². The molecular formula is C31H38N4O4S. The van der Waals surface area contributed by atoms with Gasteiger partial charge in [0, 0.05) is 47.6 Å². The number of aromatic nitrogens is 1. The second-order valence-electron chi connectivity index (χ2n) is 10.9. The van der Waals surface area contributed by atoms with Gasteiger partial charge in [-0.15, -0.1) is 11.8 Å². The molecule has 0 radical (unpaired) electrons. The fourth-order valence-corrected chi connectivity index (χ4v) is 6.15. The molecule has 1 aromatic heterocycles. The molecule has 1 aliphatic rings. The number of hydrogen-bond donors (Lipinski definition) is 3. The molecule has 0 aliphatic carbocycles. The summed E-state index contributed by atoms with van der Waals surface area (Å²) in [6.45, 7) is 9.77. The van der Waals surface area contributed by atoms with Gasteiger partial charge in [-0.1, -0.05) is 44.2 Å². The molecule has 8 nitrogen and oxygen atoms in total. The van der Waals surface area contributed by atoms with Gasteiger partial charge in [-0.2, -0.15) is 0 Å². The molecule has 3 aromatic rings. The fourth-order valence-electron chi connectivity index (χ4n) is 4.93. The molecule has 9 heteroatoms. The Morgan fingerprint density at radius 3 is 2.62 bits per heavy atom. The maximum atomic E-state index is 13.6. The highest BCUT2D eigenvalue weighted by atomic mass is 32.2. The third-order valence-corrected chi connectivity index (χ3v) is 8.22. The van der Waals surface area contributed by atoms with Crippen molar-refractivity contribution in [3.05, 3.63) is 72.1 Å². The van der Waals surface area contributed by atoms with Gasteiger partial charge in [-0.05, 0) is 50.0 Å². The number of aromatic amines is 1. The van der Waals surface area contributed by atoms with Gasteiger partial charge in [0.15, 0.2) is 0 Å². The number of H-pyrrole nitrogens is 1. The Kier molecular flexibility index (Phi) is 9.25. The van der Waals surface area contributed by atoms with Crippen molar-refractivity contribution in [2.24, 2.45) is 5.92 Å². The molecule has 2 heterocycles. The van der Waals surface area contributed by atoms with Crippen molar-refractivity contribution in [2.45, 2.75) is 64.6 Å². The van der Waals surface area contributed by atoms with Crippen LogP contribution in [0.2, 0.25) is 0 Å². The topological polar surface area (TPSA) is 104 Å². The Hall–Kier alpha value is -3.72. The van der Waals surface area contributed by atoms with Gasteiger partial charge in [-0.25, -0.2) is 0 Å². The molecule has 1 aliphatic heterocycles. The molecule has 3 N–H and O–H groups in total. The Balaban J connectivity index is 1.42. The van der Waals surface area contributed by atoms with Gasteiger partial charge in [-0.3, -0.25) is 14.4 Å². The molecule has 3 amide bonds. The second-order valence-corrected chi connectivity index (χ2v) is 12.6. The average molecular weight is 563 g/mol. The van der Waals surface area contributed by atoms with E-state index in [4.69, 9.17) is 4.74 Å². The molecule has 40 heavy (non-hydrogen) atoms. The number of ether oxygens (including phenoxy) is 1. The van der Waals surface area contributed by atoms with E-state index in [0.717, 1.165) is 27.8 Å². The summed E-state index contributed by atoms with van der Waals surface area (Å²) >= 11 is 1.56. The summed E-state index contributed by atoms with van der Waals surface area (Å²) in [5, 5.41) is 6.65. The summed E-state index contributed by atoms with van der Waals surface area (Å²) in [6, 6.07) is 14.6. The quantitative estimate of drug-likeness (QED) is 0.320. The smallest absolute Gasteiger partial charge is 0.247 e. The van der Waals surface area contributed by atoms with E-state index in [1.165, 1.54) is 6.92 Å². The van der Waals surface area contributed by atoms with E-state index in [0.29, 0.717) is 18.8 Å². The summed E-state index contributed by atoms with van der Waals surface area (Å²) in [5.41, 5.74) is 2.95. The van der Waals surface area contributed by atoms with Crippen molar-refractivity contribution in [3.8, 4) is 5.75 Å². The number of nitrogens with zero attached hydrogens (tertiary/aromatic N) is 1. The molecule has 1 fully saturated rings. The van der Waals surface area contributed by atoms with Gasteiger partial charge < -0.3 is 25.3 Å². The largest absolute Gasteiger partial charge is 0.489 e. The number of carbonyl (C=O) groups is 3. The van der Waals surface area contributed by atoms with Crippen LogP contribution in [0.15, 0.2) is 60.9 Å². The van der Waals surface area contributed by atoms with E-state index in [9.17, 15) is 14.4 Å². The first-order valence-electron chi connectivity index (χ1n) is 13.5. The summed E-state index contributed by atoms with van der Waals surface area (Å²) in [4.78, 5) is 43.0. The van der Waals surface area contributed by atoms with Crippen molar-refractivity contribution < 1.29 is 19.1 Å². The zero-order valence-corrected chi connectivity index (χ0v) is 24.5. The number of nitrogens with one attached hydrogen (secondary N) is 3. The fraction of sp³-hybridized carbons (Fsp3) is 0.387. The minimum atomic E-state index is -0.672. The number of benzene rings is 2. The standard InChI is InChI=1S/C31H38N4O4S/c1-20(2)15-27(34-21(3)36)30(38)35-28(19-40-31(35,4)5)29(37)32-14-13-23-17-33-26-16-24(11-12-25(23)26)39-18-22-9-7-6-8-10-22/h6-14,16-17,20,27-28,33H,15,18-19H2,1-5H3,(H,32,37)(H,34,36)/b14-13-/t27-,28?/m1/s1. The van der Waals surface area contributed by atoms with Gasteiger partial charge >= 0.3 is 0 Å². The van der Waals surface area contributed by atoms with Crippen LogP contribution < -0.4 is 15.4 Å². The van der Waals surface area contributed by atoms with E-state index < -0.39 is 17.0 Å². The predicted molar refractivity (Wildman–Crippen MR) is 160 cm³/mol. The highest BCUT2D eigenvalue weighted by molar-refractivity contribution is 8.00. The van der Waals surface area contributed by atoms with E-state index in [-0.39, 0.29) is 23.6 Å². The van der Waals surface area contributed by atoms with Crippen molar-refractivity contribution in [2.75, 3.05) is 5.75 Å². The van der Waals surface area contributed by atoms with Gasteiger partial charge in [0.1, 0.15) is 24.4 Å². The lowest BCUT2D eigenvalue weighted by molar-refractivity contribution is -0.144. The molecule has 0 spiro atoms. The third-order valence-electron chi connectivity index (χ3n) is 6.83. The maximum absolute atomic E-state index is 13.6. The van der Waals surface area contributed by atoms with E-state index in [1.807, 2.05) is 88.5 Å². The van der Waals surface area contributed by atoms with Crippen molar-refractivity contribution in [1.29, 1.82) is 0 Å². The van der Waals surface area contributed by atoms with Gasteiger partial charge in [0.25, 0.3) is 0 Å². The number of hydrogen-bond acceptors (Lipinski definition) is 5. The third kappa shape index (κ3) is 7.07. The SMILES string of the molecule is CC(=O)N[C@H](CC(C)C)C(=O)N1C(C(=O)N/C=C\c2c[nH]c3cc(OCc4ccccc4)ccc23)CSC1(C)C. The molecule has 1 saturated heterocycles. The Morgan fingerprint density at radius 2 is 1.93 bits per heavy atom. The minimum Gasteiger partial charge on any atom is -0.489 e. The van der Waals surface area contributed by atoms with Crippen LogP contribution in [0.25, 0.3) is 17.0 Å². The minimum absolute atomic E-state index is 0.206. The lowest BCUT2D eigenvalue weighted by atomic mass is 10.0. The summed E-state index contributed by atoms with van der Waals surface area (Å²) < 4.78 is 5.93. The number of fused-ring (bicyclic) bond motifs is 1. The van der Waals surface area contributed by atoms with Gasteiger partial charge in [0.05, 0.1) is 4.87 Å². The molecule has 2 aromatic carbocycles. The first-order valence-corrected chi connectivity index (χ1v) is 14.5. The predicted octanol–water partition coefficient (Wildman–Crippen LogP) is 5.06. The van der Waals surface area contributed by atoms with Crippen molar-refractivity contribution in [3.63, 3.8) is 0 Å². The Morgan fingerprint density at radius 1 is 1.18 bits per heavy atom. The molecular weight excluding hydrogens is 524 g/mol. The van der Waals surface area contributed by atoms with E-state index in [2.05, 4.69) is 15.6 Å². The molecule has 0 saturated carbocycles. The monoisotopic (exact) mass is 562 g/mol. The van der Waals surface area contributed by atoms with E-state index >= 15 is 0 Å². The van der Waals surface area contributed by atoms with Crippen LogP contribution in [0.5, 0.6) is 5.75 Å². The van der Waals surface area contributed by atoms with Crippen molar-refractivity contribution in [1.82, 2.24) is 20.5 Å². The maximum Gasteiger partial charge on any atom is 0.247 e. The molecule has 212 valence electrons. The van der Waals surface area contributed by atoms with Crippen LogP contribution in [0.4, 0.5) is 0 Å². The second kappa shape index (κ2) is 12.6. The first-order chi connectivity index (χ1) is 19.0. The number of amides is 3. The van der Waals surface area contributed by atoms with Crippen LogP contribution in [0, 0.1) is 5.92 Å². The van der Waals surface area contributed by atoms with Crippen LogP contribution in [0.1, 0.15) is 52.2 Å². The van der Waals surface area contributed by atoms with Crippen LogP contribution >= 0.6 is 11.8 Å². The highest BCUT2D eigenvalue weighted by Gasteiger charge is 2.48. The zero-order valence-electron chi connectivity index (χ0n) is 23.7. The van der Waals surface area contributed by atoms with Gasteiger partial charge in [0.2, 0.25) is 17.7 Å². The summed E-state index contributed by atoms with van der Waals surface area (Å²) in [7, 11) is 0. The lowest BCUT2D eigenvalue weighted by Crippen LogP contribution is -2.58. The van der Waals surface area contributed by atoms with Crippen LogP contribution in [0.3, 0.4) is 0 Å². The first kappa shape index (κ1) is 29.3.